The molecule has 6 nitrogen and oxygen atoms in total. The normalized spacial score (nSPS) is 14.4. The zero-order valence-corrected chi connectivity index (χ0v) is 21.1. The van der Waals surface area contributed by atoms with Crippen LogP contribution in [0.3, 0.4) is 0 Å². The molecule has 10 heteroatoms. The van der Waals surface area contributed by atoms with Gasteiger partial charge in [-0.25, -0.2) is 4.39 Å². The van der Waals surface area contributed by atoms with Crippen molar-refractivity contribution in [2.45, 2.75) is 45.6 Å². The summed E-state index contributed by atoms with van der Waals surface area (Å²) in [6.07, 6.45) is 1.34. The number of rotatable bonds is 7. The second-order valence-electron chi connectivity index (χ2n) is 9.59. The van der Waals surface area contributed by atoms with Crippen molar-refractivity contribution in [2.75, 3.05) is 19.7 Å². The topological polar surface area (TPSA) is 73.4 Å². The number of pyridine rings is 1. The molecule has 1 saturated heterocycles. The molecule has 1 aliphatic rings. The Balaban J connectivity index is 0.00000370. The first kappa shape index (κ1) is 29.2. The largest absolute Gasteiger partial charge is 0.522 e. The molecule has 40 heavy (non-hydrogen) atoms. The van der Waals surface area contributed by atoms with Crippen molar-refractivity contribution in [3.8, 4) is 11.1 Å². The highest BCUT2D eigenvalue weighted by Crippen LogP contribution is 2.35. The molecule has 0 saturated carbocycles. The Morgan fingerprint density at radius 3 is 2.48 bits per heavy atom. The fourth-order valence-corrected chi connectivity index (χ4v) is 5.33. The van der Waals surface area contributed by atoms with E-state index in [9.17, 15) is 22.4 Å². The third-order valence-corrected chi connectivity index (χ3v) is 7.24. The predicted molar refractivity (Wildman–Crippen MR) is 146 cm³/mol. The fourth-order valence-electron chi connectivity index (χ4n) is 5.33. The fraction of sp³-hybridized carbons (Fsp3) is 0.333. The number of alkyl halides is 3. The van der Waals surface area contributed by atoms with E-state index in [1.807, 2.05) is 24.3 Å². The quantitative estimate of drug-likeness (QED) is 0.264. The monoisotopic (exact) mass is 556 g/mol. The number of fused-ring (bicyclic) bond motifs is 1. The molecule has 3 heterocycles. The molecule has 2 N–H and O–H groups in total. The van der Waals surface area contributed by atoms with E-state index in [-0.39, 0.29) is 31.6 Å². The summed E-state index contributed by atoms with van der Waals surface area (Å²) in [6.45, 7) is 0.512. The van der Waals surface area contributed by atoms with Gasteiger partial charge < -0.3 is 15.2 Å². The molecule has 212 valence electrons. The number of hydrogen-bond donors (Lipinski definition) is 1. The smallest absolute Gasteiger partial charge is 0.344 e. The van der Waals surface area contributed by atoms with E-state index >= 15 is 0 Å². The van der Waals surface area contributed by atoms with E-state index in [1.165, 1.54) is 6.07 Å². The molecule has 1 aliphatic heterocycles. The molecule has 0 aliphatic carbocycles. The lowest BCUT2D eigenvalue weighted by atomic mass is 9.88. The predicted octanol–water partition coefficient (Wildman–Crippen LogP) is 6.49. The summed E-state index contributed by atoms with van der Waals surface area (Å²) in [5, 5.41) is 0.657. The number of nitrogens with two attached hydrogens (primary N) is 1. The van der Waals surface area contributed by atoms with Crippen LogP contribution < -0.4 is 5.73 Å². The van der Waals surface area contributed by atoms with Crippen LogP contribution in [-0.2, 0) is 17.8 Å². The van der Waals surface area contributed by atoms with E-state index in [0.717, 1.165) is 16.7 Å². The van der Waals surface area contributed by atoms with Crippen LogP contribution in [0.25, 0.3) is 22.0 Å². The average Bonchev–Trinajstić information content (AvgIpc) is 3.31. The Labute approximate surface area is 230 Å². The van der Waals surface area contributed by atoms with E-state index in [0.29, 0.717) is 54.5 Å². The van der Waals surface area contributed by atoms with Crippen LogP contribution in [0.15, 0.2) is 67.1 Å². The van der Waals surface area contributed by atoms with Crippen LogP contribution in [0.4, 0.5) is 17.6 Å². The van der Waals surface area contributed by atoms with Crippen LogP contribution in [0.2, 0.25) is 0 Å². The van der Waals surface area contributed by atoms with Crippen molar-refractivity contribution in [1.29, 1.82) is 0 Å². The minimum absolute atomic E-state index is 0. The van der Waals surface area contributed by atoms with Crippen molar-refractivity contribution in [1.82, 2.24) is 14.5 Å². The average molecular weight is 557 g/mol. The van der Waals surface area contributed by atoms with Gasteiger partial charge in [0.05, 0.1) is 12.2 Å². The first-order chi connectivity index (χ1) is 18.7. The highest BCUT2D eigenvalue weighted by atomic mass is 19.4. The van der Waals surface area contributed by atoms with Gasteiger partial charge in [0.15, 0.2) is 0 Å². The molecule has 0 bridgehead atoms. The van der Waals surface area contributed by atoms with Crippen molar-refractivity contribution in [3.63, 3.8) is 0 Å². The number of carbonyl (C=O) groups is 1. The minimum atomic E-state index is -4.74. The number of ether oxygens (including phenoxy) is 1. The summed E-state index contributed by atoms with van der Waals surface area (Å²) < 4.78 is 58.1. The second-order valence-corrected chi connectivity index (χ2v) is 9.59. The summed E-state index contributed by atoms with van der Waals surface area (Å²) in [6, 6.07) is 14.0. The molecule has 5 rings (SSSR count). The van der Waals surface area contributed by atoms with Gasteiger partial charge in [-0.2, -0.15) is 0 Å². The van der Waals surface area contributed by atoms with Crippen molar-refractivity contribution in [2.24, 2.45) is 5.73 Å². The molecule has 1 fully saturated rings. The van der Waals surface area contributed by atoms with Crippen molar-refractivity contribution in [3.05, 3.63) is 89.6 Å². The Kier molecular flexibility index (Phi) is 8.90. The number of hydrogen-bond acceptors (Lipinski definition) is 4. The van der Waals surface area contributed by atoms with Gasteiger partial charge in [0.2, 0.25) is 0 Å². The van der Waals surface area contributed by atoms with Gasteiger partial charge in [-0.3, -0.25) is 14.5 Å². The zero-order chi connectivity index (χ0) is 27.6. The maximum atomic E-state index is 14.6. The van der Waals surface area contributed by atoms with Gasteiger partial charge in [-0.1, -0.05) is 31.7 Å². The number of piperidine rings is 1. The number of aromatic nitrogens is 2. The van der Waals surface area contributed by atoms with Gasteiger partial charge in [0.25, 0.3) is 5.91 Å². The van der Waals surface area contributed by atoms with Crippen LogP contribution in [0.1, 0.15) is 47.7 Å². The first-order valence-electron chi connectivity index (χ1n) is 12.8. The molecular weight excluding hydrogens is 524 g/mol. The zero-order valence-electron chi connectivity index (χ0n) is 21.1. The first-order valence-corrected chi connectivity index (χ1v) is 12.8. The second kappa shape index (κ2) is 12.2. The molecule has 0 spiro atoms. The van der Waals surface area contributed by atoms with Gasteiger partial charge in [-0.15, -0.1) is 13.2 Å². The SMILES string of the molecule is C.NCc1ccc(F)c(C2CCN(C(=O)c3cn(CCOC(F)(F)F)c4cccc(-c5ccncc5)c34)CC2)c1. The summed E-state index contributed by atoms with van der Waals surface area (Å²) >= 11 is 0. The maximum Gasteiger partial charge on any atom is 0.522 e. The lowest BCUT2D eigenvalue weighted by Gasteiger charge is -2.32. The summed E-state index contributed by atoms with van der Waals surface area (Å²) in [5.41, 5.74) is 9.86. The van der Waals surface area contributed by atoms with Crippen LogP contribution >= 0.6 is 0 Å². The highest BCUT2D eigenvalue weighted by Gasteiger charge is 2.30. The number of likely N-dealkylation sites (tertiary alicyclic amines) is 1. The number of nitrogens with zero attached hydrogens (tertiary/aromatic N) is 3. The van der Waals surface area contributed by atoms with E-state index < -0.39 is 13.0 Å². The van der Waals surface area contributed by atoms with Crippen LogP contribution in [0.5, 0.6) is 0 Å². The Bertz CT molecular complexity index is 1460. The highest BCUT2D eigenvalue weighted by molar-refractivity contribution is 6.12. The molecule has 0 unspecified atom stereocenters. The molecule has 0 radical (unpaired) electrons. The molecule has 2 aromatic carbocycles. The molecule has 4 aromatic rings. The summed E-state index contributed by atoms with van der Waals surface area (Å²) in [7, 11) is 0. The van der Waals surface area contributed by atoms with E-state index in [2.05, 4.69) is 9.72 Å². The Morgan fingerprint density at radius 1 is 1.07 bits per heavy atom. The van der Waals surface area contributed by atoms with E-state index in [4.69, 9.17) is 5.73 Å². The molecule has 1 amide bonds. The minimum Gasteiger partial charge on any atom is -0.344 e. The third-order valence-electron chi connectivity index (χ3n) is 7.24. The van der Waals surface area contributed by atoms with Gasteiger partial charge in [0, 0.05) is 55.7 Å². The van der Waals surface area contributed by atoms with Crippen LogP contribution in [-0.4, -0.2) is 46.4 Å². The number of amides is 1. The van der Waals surface area contributed by atoms with Gasteiger partial charge in [-0.05, 0) is 65.3 Å². The number of carbonyl (C=O) groups excluding carboxylic acids is 1. The Hall–Kier alpha value is -3.76. The van der Waals surface area contributed by atoms with Crippen molar-refractivity contribution < 1.29 is 27.1 Å². The van der Waals surface area contributed by atoms with Gasteiger partial charge in [0.1, 0.15) is 5.82 Å². The van der Waals surface area contributed by atoms with Crippen LogP contribution in [0, 0.1) is 5.82 Å². The molecular formula is C30H32F4N4O2. The summed E-state index contributed by atoms with van der Waals surface area (Å²) in [5.74, 6) is -0.525. The number of benzene rings is 2. The van der Waals surface area contributed by atoms with E-state index in [1.54, 1.807) is 46.3 Å². The lowest BCUT2D eigenvalue weighted by Crippen LogP contribution is -2.38. The van der Waals surface area contributed by atoms with Gasteiger partial charge >= 0.3 is 6.36 Å². The number of halogens is 4. The molecule has 2 aromatic heterocycles. The van der Waals surface area contributed by atoms with Crippen molar-refractivity contribution >= 4 is 16.8 Å². The summed E-state index contributed by atoms with van der Waals surface area (Å²) in [4.78, 5) is 19.6. The third kappa shape index (κ3) is 6.18. The maximum absolute atomic E-state index is 14.6. The standard InChI is InChI=1S/C29H28F4N4O2.CH4/c30-25-5-4-19(17-34)16-23(25)21-8-12-36(13-9-21)28(38)24-18-37(14-15-39-29(31,32)33)26-3-1-2-22(27(24)26)20-6-10-35-11-7-20;/h1-7,10-11,16,18,21H,8-9,12-15,17,34H2;1H4. The Morgan fingerprint density at radius 2 is 1.80 bits per heavy atom. The molecule has 0 atom stereocenters. The lowest BCUT2D eigenvalue weighted by molar-refractivity contribution is -0.325.